The van der Waals surface area contributed by atoms with E-state index in [0.29, 0.717) is 5.69 Å². The van der Waals surface area contributed by atoms with Crippen molar-refractivity contribution in [2.45, 2.75) is 0 Å². The van der Waals surface area contributed by atoms with Crippen molar-refractivity contribution in [3.63, 3.8) is 0 Å². The zero-order valence-electron chi connectivity index (χ0n) is 13.4. The Labute approximate surface area is 139 Å². The van der Waals surface area contributed by atoms with Gasteiger partial charge in [-0.15, -0.1) is 0 Å². The van der Waals surface area contributed by atoms with E-state index in [1.807, 2.05) is 42.5 Å². The Morgan fingerprint density at radius 2 is 1.88 bits per heavy atom. The minimum atomic E-state index is -0.315. The van der Waals surface area contributed by atoms with Crippen molar-refractivity contribution in [1.29, 1.82) is 0 Å². The smallest absolute Gasteiger partial charge is 0.287 e. The molecule has 0 spiro atoms. The van der Waals surface area contributed by atoms with E-state index in [9.17, 15) is 4.79 Å². The second-order valence-corrected chi connectivity index (χ2v) is 5.11. The van der Waals surface area contributed by atoms with Crippen LogP contribution in [0, 0.1) is 0 Å². The van der Waals surface area contributed by atoms with E-state index < -0.39 is 0 Å². The highest BCUT2D eigenvalue weighted by Crippen LogP contribution is 2.21. The first-order chi connectivity index (χ1) is 11.7. The molecule has 0 aliphatic carbocycles. The zero-order valence-corrected chi connectivity index (χ0v) is 13.4. The maximum Gasteiger partial charge on any atom is 0.287 e. The lowest BCUT2D eigenvalue weighted by Crippen LogP contribution is -2.17. The molecule has 3 aromatic rings. The number of aromatic amines is 1. The number of hydrogen-bond acceptors (Lipinski definition) is 4. The first kappa shape index (κ1) is 15.6. The number of fused-ring (bicyclic) bond motifs is 1. The van der Waals surface area contributed by atoms with Gasteiger partial charge in [0.05, 0.1) is 20.4 Å². The van der Waals surface area contributed by atoms with Crippen LogP contribution in [0.3, 0.4) is 0 Å². The molecule has 0 saturated heterocycles. The van der Waals surface area contributed by atoms with Crippen molar-refractivity contribution >= 4 is 23.0 Å². The Balaban J connectivity index is 1.71. The second kappa shape index (κ2) is 6.87. The summed E-state index contributed by atoms with van der Waals surface area (Å²) in [4.78, 5) is 15.2. The molecule has 0 atom stereocenters. The van der Waals surface area contributed by atoms with E-state index in [0.717, 1.165) is 28.0 Å². The van der Waals surface area contributed by atoms with Gasteiger partial charge in [0.1, 0.15) is 17.2 Å². The predicted molar refractivity (Wildman–Crippen MR) is 92.9 cm³/mol. The molecule has 24 heavy (non-hydrogen) atoms. The summed E-state index contributed by atoms with van der Waals surface area (Å²) in [6.07, 6.45) is 1.56. The highest BCUT2D eigenvalue weighted by atomic mass is 16.5. The summed E-state index contributed by atoms with van der Waals surface area (Å²) in [6, 6.07) is 14.7. The van der Waals surface area contributed by atoms with Crippen molar-refractivity contribution in [2.24, 2.45) is 5.10 Å². The van der Waals surface area contributed by atoms with Gasteiger partial charge in [-0.1, -0.05) is 12.1 Å². The molecule has 0 aliphatic rings. The van der Waals surface area contributed by atoms with Gasteiger partial charge in [-0.05, 0) is 42.0 Å². The second-order valence-electron chi connectivity index (χ2n) is 5.11. The van der Waals surface area contributed by atoms with Crippen molar-refractivity contribution in [3.8, 4) is 11.5 Å². The maximum atomic E-state index is 12.2. The van der Waals surface area contributed by atoms with Crippen LogP contribution in [-0.4, -0.2) is 31.3 Å². The zero-order chi connectivity index (χ0) is 16.9. The first-order valence-corrected chi connectivity index (χ1v) is 7.34. The number of hydrazone groups is 1. The molecule has 2 aromatic carbocycles. The van der Waals surface area contributed by atoms with Crippen LogP contribution in [0.25, 0.3) is 10.9 Å². The molecule has 6 nitrogen and oxygen atoms in total. The van der Waals surface area contributed by atoms with E-state index in [1.54, 1.807) is 26.5 Å². The third kappa shape index (κ3) is 3.38. The average Bonchev–Trinajstić information content (AvgIpc) is 3.05. The van der Waals surface area contributed by atoms with Crippen LogP contribution in [0.4, 0.5) is 0 Å². The molecule has 1 amide bonds. The number of ether oxygens (including phenoxy) is 2. The SMILES string of the molecule is COc1cccc(/C=N/NC(=O)c2cc3cc(OC)ccc3[nH]2)c1. The molecule has 0 bridgehead atoms. The Bertz CT molecular complexity index is 899. The minimum absolute atomic E-state index is 0.315. The standard InChI is InChI=1S/C18H17N3O3/c1-23-14-5-3-4-12(8-14)11-19-21-18(22)17-10-13-9-15(24-2)6-7-16(13)20-17/h3-11,20H,1-2H3,(H,21,22)/b19-11+. The topological polar surface area (TPSA) is 75.7 Å². The first-order valence-electron chi connectivity index (χ1n) is 7.34. The molecule has 0 fully saturated rings. The molecule has 2 N–H and O–H groups in total. The van der Waals surface area contributed by atoms with Gasteiger partial charge in [0, 0.05) is 10.9 Å². The van der Waals surface area contributed by atoms with Gasteiger partial charge in [-0.3, -0.25) is 4.79 Å². The normalized spacial score (nSPS) is 10.9. The number of H-pyrrole nitrogens is 1. The van der Waals surface area contributed by atoms with E-state index in [1.165, 1.54) is 0 Å². The van der Waals surface area contributed by atoms with Gasteiger partial charge >= 0.3 is 0 Å². The summed E-state index contributed by atoms with van der Waals surface area (Å²) >= 11 is 0. The highest BCUT2D eigenvalue weighted by molar-refractivity contribution is 5.98. The Morgan fingerprint density at radius 1 is 1.08 bits per heavy atom. The van der Waals surface area contributed by atoms with Crippen LogP contribution in [0.2, 0.25) is 0 Å². The van der Waals surface area contributed by atoms with Crippen LogP contribution in [0.5, 0.6) is 11.5 Å². The summed E-state index contributed by atoms with van der Waals surface area (Å²) in [6.45, 7) is 0. The molecular weight excluding hydrogens is 306 g/mol. The number of methoxy groups -OCH3 is 2. The monoisotopic (exact) mass is 323 g/mol. The summed E-state index contributed by atoms with van der Waals surface area (Å²) in [5, 5.41) is 4.87. The van der Waals surface area contributed by atoms with Gasteiger partial charge in [0.15, 0.2) is 0 Å². The third-order valence-electron chi connectivity index (χ3n) is 3.55. The van der Waals surface area contributed by atoms with Crippen molar-refractivity contribution in [2.75, 3.05) is 14.2 Å². The number of amides is 1. The summed E-state index contributed by atoms with van der Waals surface area (Å²) in [7, 11) is 3.21. The minimum Gasteiger partial charge on any atom is -0.497 e. The largest absolute Gasteiger partial charge is 0.497 e. The number of hydrogen-bond donors (Lipinski definition) is 2. The van der Waals surface area contributed by atoms with Crippen LogP contribution in [0.15, 0.2) is 53.6 Å². The number of benzene rings is 2. The van der Waals surface area contributed by atoms with Crippen molar-refractivity contribution in [1.82, 2.24) is 10.4 Å². The molecule has 122 valence electrons. The highest BCUT2D eigenvalue weighted by Gasteiger charge is 2.09. The Hall–Kier alpha value is -3.28. The number of carbonyl (C=O) groups is 1. The average molecular weight is 323 g/mol. The van der Waals surface area contributed by atoms with Gasteiger partial charge in [-0.25, -0.2) is 5.43 Å². The molecule has 3 rings (SSSR count). The molecule has 1 aromatic heterocycles. The van der Waals surface area contributed by atoms with Gasteiger partial charge in [0.2, 0.25) is 0 Å². The van der Waals surface area contributed by atoms with E-state index in [4.69, 9.17) is 9.47 Å². The molecule has 0 aliphatic heterocycles. The van der Waals surface area contributed by atoms with Gasteiger partial charge in [-0.2, -0.15) is 5.10 Å². The van der Waals surface area contributed by atoms with Crippen molar-refractivity contribution < 1.29 is 14.3 Å². The van der Waals surface area contributed by atoms with Crippen LogP contribution in [0.1, 0.15) is 16.1 Å². The molecule has 0 unspecified atom stereocenters. The fourth-order valence-corrected chi connectivity index (χ4v) is 2.31. The Morgan fingerprint density at radius 3 is 2.67 bits per heavy atom. The lowest BCUT2D eigenvalue weighted by atomic mass is 10.2. The number of rotatable bonds is 5. The van der Waals surface area contributed by atoms with E-state index in [2.05, 4.69) is 15.5 Å². The number of nitrogens with zero attached hydrogens (tertiary/aromatic N) is 1. The number of nitrogens with one attached hydrogen (secondary N) is 2. The fourth-order valence-electron chi connectivity index (χ4n) is 2.31. The number of aromatic nitrogens is 1. The van der Waals surface area contributed by atoms with Gasteiger partial charge in [0.25, 0.3) is 5.91 Å². The molecule has 6 heteroatoms. The van der Waals surface area contributed by atoms with Crippen molar-refractivity contribution in [3.05, 3.63) is 59.8 Å². The quantitative estimate of drug-likeness (QED) is 0.560. The summed E-state index contributed by atoms with van der Waals surface area (Å²) in [5.74, 6) is 1.16. The maximum absolute atomic E-state index is 12.2. The fraction of sp³-hybridized carbons (Fsp3) is 0.111. The summed E-state index contributed by atoms with van der Waals surface area (Å²) in [5.41, 5.74) is 4.62. The van der Waals surface area contributed by atoms with Gasteiger partial charge < -0.3 is 14.5 Å². The molecule has 0 radical (unpaired) electrons. The summed E-state index contributed by atoms with van der Waals surface area (Å²) < 4.78 is 10.3. The van der Waals surface area contributed by atoms with Crippen LogP contribution in [-0.2, 0) is 0 Å². The van der Waals surface area contributed by atoms with Crippen LogP contribution >= 0.6 is 0 Å². The predicted octanol–water partition coefficient (Wildman–Crippen LogP) is 2.95. The Kier molecular flexibility index (Phi) is 4.47. The van der Waals surface area contributed by atoms with E-state index in [-0.39, 0.29) is 5.91 Å². The van der Waals surface area contributed by atoms with E-state index >= 15 is 0 Å². The molecule has 0 saturated carbocycles. The molecular formula is C18H17N3O3. The van der Waals surface area contributed by atoms with Crippen LogP contribution < -0.4 is 14.9 Å². The third-order valence-corrected chi connectivity index (χ3v) is 3.55. The molecule has 1 heterocycles. The number of carbonyl (C=O) groups excluding carboxylic acids is 1. The lowest BCUT2D eigenvalue weighted by molar-refractivity contribution is 0.0951. The lowest BCUT2D eigenvalue weighted by Gasteiger charge is -2.00.